The predicted octanol–water partition coefficient (Wildman–Crippen LogP) is 5.50. The summed E-state index contributed by atoms with van der Waals surface area (Å²) in [4.78, 5) is 0. The Balaban J connectivity index is 1.97. The van der Waals surface area contributed by atoms with Crippen LogP contribution in [0.15, 0.2) is 42.5 Å². The number of ether oxygens (including phenoxy) is 1. The van der Waals surface area contributed by atoms with Crippen molar-refractivity contribution in [1.82, 2.24) is 0 Å². The highest BCUT2D eigenvalue weighted by Crippen LogP contribution is 2.24. The maximum absolute atomic E-state index is 12.0. The van der Waals surface area contributed by atoms with E-state index in [0.717, 1.165) is 11.3 Å². The third kappa shape index (κ3) is 5.36. The maximum atomic E-state index is 12.0. The lowest BCUT2D eigenvalue weighted by atomic mass is 10.2. The van der Waals surface area contributed by atoms with Crippen LogP contribution in [0.5, 0.6) is 5.75 Å². The lowest BCUT2D eigenvalue weighted by Gasteiger charge is -2.10. The quantitative estimate of drug-likeness (QED) is 0.796. The van der Waals surface area contributed by atoms with Crippen LogP contribution in [0.1, 0.15) is 5.56 Å². The second-order valence-corrected chi connectivity index (χ2v) is 5.08. The number of halogens is 5. The van der Waals surface area contributed by atoms with Gasteiger partial charge in [0.15, 0.2) is 0 Å². The summed E-state index contributed by atoms with van der Waals surface area (Å²) in [6.07, 6.45) is -4.68. The van der Waals surface area contributed by atoms with Crippen LogP contribution in [0.3, 0.4) is 0 Å². The molecule has 0 atom stereocenters. The van der Waals surface area contributed by atoms with Gasteiger partial charge >= 0.3 is 6.36 Å². The van der Waals surface area contributed by atoms with Crippen LogP contribution in [0.25, 0.3) is 0 Å². The zero-order valence-corrected chi connectivity index (χ0v) is 12.1. The molecular formula is C14H10Cl2F3NO. The molecule has 0 saturated carbocycles. The number of hydrogen-bond donors (Lipinski definition) is 1. The Morgan fingerprint density at radius 3 is 2.05 bits per heavy atom. The molecule has 2 aromatic carbocycles. The Morgan fingerprint density at radius 2 is 1.52 bits per heavy atom. The zero-order chi connectivity index (χ0) is 15.5. The van der Waals surface area contributed by atoms with E-state index in [0.29, 0.717) is 16.6 Å². The average Bonchev–Trinajstić information content (AvgIpc) is 2.35. The van der Waals surface area contributed by atoms with Crippen LogP contribution < -0.4 is 10.1 Å². The van der Waals surface area contributed by atoms with Crippen LogP contribution in [0, 0.1) is 0 Å². The molecule has 2 aromatic rings. The van der Waals surface area contributed by atoms with E-state index in [1.165, 1.54) is 12.1 Å². The fourth-order valence-corrected chi connectivity index (χ4v) is 2.20. The molecule has 7 heteroatoms. The van der Waals surface area contributed by atoms with Gasteiger partial charge in [0.25, 0.3) is 0 Å². The number of rotatable bonds is 4. The zero-order valence-electron chi connectivity index (χ0n) is 10.5. The number of nitrogens with one attached hydrogen (secondary N) is 1. The highest BCUT2D eigenvalue weighted by atomic mass is 35.5. The molecule has 2 nitrogen and oxygen atoms in total. The standard InChI is InChI=1S/C14H10Cl2F3NO/c15-10-5-11(16)7-12(6-10)20-8-9-1-3-13(4-2-9)21-14(17,18)19/h1-7,20H,8H2. The third-order valence-corrected chi connectivity index (χ3v) is 2.95. The second-order valence-electron chi connectivity index (χ2n) is 4.20. The summed E-state index contributed by atoms with van der Waals surface area (Å²) >= 11 is 11.7. The van der Waals surface area contributed by atoms with Crippen LogP contribution >= 0.6 is 23.2 Å². The van der Waals surface area contributed by atoms with Gasteiger partial charge in [-0.15, -0.1) is 13.2 Å². The smallest absolute Gasteiger partial charge is 0.406 e. The van der Waals surface area contributed by atoms with Crippen molar-refractivity contribution in [2.75, 3.05) is 5.32 Å². The number of hydrogen-bond acceptors (Lipinski definition) is 2. The van der Waals surface area contributed by atoms with Gasteiger partial charge in [0.2, 0.25) is 0 Å². The molecule has 21 heavy (non-hydrogen) atoms. The normalized spacial score (nSPS) is 11.3. The largest absolute Gasteiger partial charge is 0.573 e. The van der Waals surface area contributed by atoms with E-state index >= 15 is 0 Å². The van der Waals surface area contributed by atoms with E-state index in [-0.39, 0.29) is 5.75 Å². The molecule has 0 aliphatic heterocycles. The molecule has 112 valence electrons. The van der Waals surface area contributed by atoms with Crippen molar-refractivity contribution in [2.24, 2.45) is 0 Å². The van der Waals surface area contributed by atoms with Gasteiger partial charge in [-0.1, -0.05) is 35.3 Å². The van der Waals surface area contributed by atoms with E-state index in [9.17, 15) is 13.2 Å². The summed E-state index contributed by atoms with van der Waals surface area (Å²) in [7, 11) is 0. The van der Waals surface area contributed by atoms with E-state index in [1.807, 2.05) is 0 Å². The van der Waals surface area contributed by atoms with Gasteiger partial charge in [-0.2, -0.15) is 0 Å². The Morgan fingerprint density at radius 1 is 0.952 bits per heavy atom. The van der Waals surface area contributed by atoms with Crippen molar-refractivity contribution in [2.45, 2.75) is 12.9 Å². The van der Waals surface area contributed by atoms with E-state index in [2.05, 4.69) is 10.1 Å². The molecule has 0 fully saturated rings. The summed E-state index contributed by atoms with van der Waals surface area (Å²) in [6, 6.07) is 10.6. The summed E-state index contributed by atoms with van der Waals surface area (Å²) in [5.41, 5.74) is 1.52. The van der Waals surface area contributed by atoms with Gasteiger partial charge < -0.3 is 10.1 Å². The first-order valence-electron chi connectivity index (χ1n) is 5.86. The summed E-state index contributed by atoms with van der Waals surface area (Å²) in [6.45, 7) is 0.420. The van der Waals surface area contributed by atoms with Gasteiger partial charge in [0.05, 0.1) is 0 Å². The second kappa shape index (κ2) is 6.45. The molecule has 1 N–H and O–H groups in total. The van der Waals surface area contributed by atoms with Crippen LogP contribution in [-0.2, 0) is 6.54 Å². The topological polar surface area (TPSA) is 21.3 Å². The Bertz CT molecular complexity index is 594. The van der Waals surface area contributed by atoms with Gasteiger partial charge in [0.1, 0.15) is 5.75 Å². The van der Waals surface area contributed by atoms with E-state index in [4.69, 9.17) is 23.2 Å². The van der Waals surface area contributed by atoms with Crippen molar-refractivity contribution in [1.29, 1.82) is 0 Å². The third-order valence-electron chi connectivity index (χ3n) is 2.52. The van der Waals surface area contributed by atoms with E-state index < -0.39 is 6.36 Å². The SMILES string of the molecule is FC(F)(F)Oc1ccc(CNc2cc(Cl)cc(Cl)c2)cc1. The van der Waals surface area contributed by atoms with E-state index in [1.54, 1.807) is 30.3 Å². The maximum Gasteiger partial charge on any atom is 0.573 e. The minimum Gasteiger partial charge on any atom is -0.406 e. The highest BCUT2D eigenvalue weighted by Gasteiger charge is 2.30. The molecule has 0 amide bonds. The fraction of sp³-hybridized carbons (Fsp3) is 0.143. The fourth-order valence-electron chi connectivity index (χ4n) is 1.67. The van der Waals surface area contributed by atoms with Crippen LogP contribution in [-0.4, -0.2) is 6.36 Å². The number of alkyl halides is 3. The molecule has 0 aliphatic rings. The average molecular weight is 336 g/mol. The predicted molar refractivity (Wildman–Crippen MR) is 76.9 cm³/mol. The molecule has 0 radical (unpaired) electrons. The van der Waals surface area contributed by atoms with Crippen molar-refractivity contribution in [3.8, 4) is 5.75 Å². The molecule has 0 heterocycles. The molecular weight excluding hydrogens is 326 g/mol. The van der Waals surface area contributed by atoms with Crippen molar-refractivity contribution in [3.63, 3.8) is 0 Å². The van der Waals surface area contributed by atoms with Gasteiger partial charge in [-0.05, 0) is 35.9 Å². The molecule has 0 aromatic heterocycles. The van der Waals surface area contributed by atoms with Gasteiger partial charge in [-0.3, -0.25) is 0 Å². The number of anilines is 1. The first-order chi connectivity index (χ1) is 9.82. The minimum absolute atomic E-state index is 0.253. The Hall–Kier alpha value is -1.59. The van der Waals surface area contributed by atoms with Crippen LogP contribution in [0.4, 0.5) is 18.9 Å². The molecule has 0 unspecified atom stereocenters. The lowest BCUT2D eigenvalue weighted by molar-refractivity contribution is -0.274. The van der Waals surface area contributed by atoms with Gasteiger partial charge in [0, 0.05) is 22.3 Å². The molecule has 0 bridgehead atoms. The number of benzene rings is 2. The first-order valence-corrected chi connectivity index (χ1v) is 6.62. The molecule has 0 spiro atoms. The monoisotopic (exact) mass is 335 g/mol. The summed E-state index contributed by atoms with van der Waals surface area (Å²) < 4.78 is 39.9. The highest BCUT2D eigenvalue weighted by molar-refractivity contribution is 6.35. The molecule has 0 saturated heterocycles. The van der Waals surface area contributed by atoms with Crippen molar-refractivity contribution >= 4 is 28.9 Å². The Labute approximate surface area is 129 Å². The lowest BCUT2D eigenvalue weighted by Crippen LogP contribution is -2.17. The first kappa shape index (κ1) is 15.8. The molecule has 2 rings (SSSR count). The van der Waals surface area contributed by atoms with Crippen molar-refractivity contribution in [3.05, 3.63) is 58.1 Å². The minimum atomic E-state index is -4.68. The molecule has 0 aliphatic carbocycles. The Kier molecular flexibility index (Phi) is 4.85. The summed E-state index contributed by atoms with van der Waals surface area (Å²) in [5.74, 6) is -0.253. The van der Waals surface area contributed by atoms with Crippen molar-refractivity contribution < 1.29 is 17.9 Å². The summed E-state index contributed by atoms with van der Waals surface area (Å²) in [5, 5.41) is 4.08. The van der Waals surface area contributed by atoms with Gasteiger partial charge in [-0.25, -0.2) is 0 Å². The van der Waals surface area contributed by atoms with Crippen LogP contribution in [0.2, 0.25) is 10.0 Å².